The molecule has 0 heterocycles. The number of anilines is 2. The molecule has 0 aromatic heterocycles. The molecule has 3 aromatic rings. The number of ketones is 1. The van der Waals surface area contributed by atoms with Crippen molar-refractivity contribution in [3.8, 4) is 11.5 Å². The van der Waals surface area contributed by atoms with E-state index < -0.39 is 23.0 Å². The van der Waals surface area contributed by atoms with E-state index in [0.29, 0.717) is 22.9 Å². The minimum atomic E-state index is -2.57. The Hall–Kier alpha value is -3.43. The molecule has 9 heteroatoms. The molecule has 0 aliphatic heterocycles. The van der Waals surface area contributed by atoms with Crippen molar-refractivity contribution in [3.63, 3.8) is 0 Å². The number of hydrogen-bond acceptors (Lipinski definition) is 6. The van der Waals surface area contributed by atoms with Crippen LogP contribution in [-0.2, 0) is 21.5 Å². The number of amides is 1. The van der Waals surface area contributed by atoms with Crippen LogP contribution in [0.25, 0.3) is 10.8 Å². The zero-order valence-corrected chi connectivity index (χ0v) is 22.2. The number of carbonyl (C=O) groups excluding carboxylic acids is 2. The highest BCUT2D eigenvalue weighted by Gasteiger charge is 2.26. The Morgan fingerprint density at radius 3 is 2.25 bits per heavy atom. The molecule has 0 fully saturated rings. The monoisotopic (exact) mass is 511 g/mol. The van der Waals surface area contributed by atoms with Crippen molar-refractivity contribution < 1.29 is 27.8 Å². The number of hydrogen-bond donors (Lipinski definition) is 1. The largest absolute Gasteiger partial charge is 0.755 e. The van der Waals surface area contributed by atoms with Crippen molar-refractivity contribution in [1.29, 1.82) is 0 Å². The first-order valence-electron chi connectivity index (χ1n) is 11.5. The minimum Gasteiger partial charge on any atom is -0.755 e. The maximum atomic E-state index is 13.3. The fourth-order valence-electron chi connectivity index (χ4n) is 3.97. The summed E-state index contributed by atoms with van der Waals surface area (Å²) in [6.45, 7) is 8.00. The zero-order valence-electron chi connectivity index (χ0n) is 21.3. The third kappa shape index (κ3) is 5.52. The molecule has 0 bridgehead atoms. The summed E-state index contributed by atoms with van der Waals surface area (Å²) in [6, 6.07) is 13.8. The van der Waals surface area contributed by atoms with Gasteiger partial charge in [-0.05, 0) is 47.1 Å². The summed E-state index contributed by atoms with van der Waals surface area (Å²) in [6.07, 6.45) is 0.571. The van der Waals surface area contributed by atoms with Gasteiger partial charge < -0.3 is 19.3 Å². The van der Waals surface area contributed by atoms with Gasteiger partial charge in [0.05, 0.1) is 25.6 Å². The first kappa shape index (κ1) is 27.2. The van der Waals surface area contributed by atoms with Gasteiger partial charge >= 0.3 is 0 Å². The van der Waals surface area contributed by atoms with Crippen molar-refractivity contribution in [1.82, 2.24) is 0 Å². The van der Waals surface area contributed by atoms with Crippen LogP contribution in [0.3, 0.4) is 0 Å². The Labute approximate surface area is 214 Å². The zero-order chi connectivity index (χ0) is 26.6. The first-order valence-corrected chi connectivity index (χ1v) is 12.6. The molecule has 1 amide bonds. The topological polar surface area (TPSA) is 108 Å². The number of rotatable bonds is 9. The number of nitrogens with zero attached hydrogens (tertiary/aromatic N) is 1. The lowest BCUT2D eigenvalue weighted by molar-refractivity contribution is -0.112. The number of Topliss-reactive ketones (excluding diaryl/α,β-unsaturated/α-hetero) is 1. The lowest BCUT2D eigenvalue weighted by Crippen LogP contribution is -2.28. The van der Waals surface area contributed by atoms with E-state index in [4.69, 9.17) is 9.47 Å². The Bertz CT molecular complexity index is 1320. The van der Waals surface area contributed by atoms with Crippen LogP contribution in [0.1, 0.15) is 50.0 Å². The van der Waals surface area contributed by atoms with Gasteiger partial charge in [-0.25, -0.2) is 0 Å². The highest BCUT2D eigenvalue weighted by Crippen LogP contribution is 2.41. The van der Waals surface area contributed by atoms with Crippen molar-refractivity contribution in [2.24, 2.45) is 0 Å². The van der Waals surface area contributed by atoms with Gasteiger partial charge in [0.15, 0.2) is 5.75 Å². The predicted octanol–water partition coefficient (Wildman–Crippen LogP) is 4.99. The van der Waals surface area contributed by atoms with Gasteiger partial charge in [0.1, 0.15) is 5.75 Å². The number of ether oxygens (including phenoxy) is 2. The summed E-state index contributed by atoms with van der Waals surface area (Å²) < 4.78 is 36.2. The third-order valence-electron chi connectivity index (χ3n) is 5.82. The molecule has 192 valence electrons. The molecule has 3 rings (SSSR count). The maximum absolute atomic E-state index is 13.3. The van der Waals surface area contributed by atoms with Gasteiger partial charge in [0, 0.05) is 28.8 Å². The normalized spacial score (nSPS) is 12.2. The SMILES string of the molecule is CCCN(c1cc(C(C)(C)C)cc(NC(=O)C(=O)c2ccc(OC)c3ccccc23)c1OC)S(=O)[O-]. The third-order valence-corrected chi connectivity index (χ3v) is 6.56. The van der Waals surface area contributed by atoms with Crippen molar-refractivity contribution in [2.45, 2.75) is 39.5 Å². The summed E-state index contributed by atoms with van der Waals surface area (Å²) in [5, 5.41) is 3.97. The summed E-state index contributed by atoms with van der Waals surface area (Å²) >= 11 is -2.57. The molecule has 0 aliphatic rings. The molecule has 1 atom stereocenters. The second kappa shape index (κ2) is 11.1. The molecule has 0 saturated carbocycles. The molecular weight excluding hydrogens is 480 g/mol. The smallest absolute Gasteiger partial charge is 0.296 e. The molecule has 1 N–H and O–H groups in total. The number of benzene rings is 3. The Kier molecular flexibility index (Phi) is 8.37. The van der Waals surface area contributed by atoms with Crippen LogP contribution in [0.2, 0.25) is 0 Å². The van der Waals surface area contributed by atoms with Gasteiger partial charge in [-0.15, -0.1) is 0 Å². The van der Waals surface area contributed by atoms with Crippen LogP contribution < -0.4 is 19.1 Å². The van der Waals surface area contributed by atoms with Crippen LogP contribution in [0.4, 0.5) is 11.4 Å². The summed E-state index contributed by atoms with van der Waals surface area (Å²) in [7, 11) is 2.93. The van der Waals surface area contributed by atoms with Crippen LogP contribution in [0.15, 0.2) is 48.5 Å². The fraction of sp³-hybridized carbons (Fsp3) is 0.333. The van der Waals surface area contributed by atoms with E-state index >= 15 is 0 Å². The highest BCUT2D eigenvalue weighted by molar-refractivity contribution is 7.80. The van der Waals surface area contributed by atoms with Crippen molar-refractivity contribution >= 4 is 45.1 Å². The average molecular weight is 512 g/mol. The number of methoxy groups -OCH3 is 2. The molecule has 0 saturated heterocycles. The molecule has 1 unspecified atom stereocenters. The molecular formula is C27H31N2O6S-. The average Bonchev–Trinajstić information content (AvgIpc) is 2.84. The number of carbonyl (C=O) groups is 2. The second-order valence-electron chi connectivity index (χ2n) is 9.29. The molecule has 3 aromatic carbocycles. The van der Waals surface area contributed by atoms with Gasteiger partial charge in [-0.1, -0.05) is 52.0 Å². The predicted molar refractivity (Wildman–Crippen MR) is 142 cm³/mol. The van der Waals surface area contributed by atoms with Gasteiger partial charge in [-0.2, -0.15) is 0 Å². The van der Waals surface area contributed by atoms with Gasteiger partial charge in [0.25, 0.3) is 11.7 Å². The van der Waals surface area contributed by atoms with E-state index in [0.717, 1.165) is 5.56 Å². The van der Waals surface area contributed by atoms with E-state index in [2.05, 4.69) is 5.32 Å². The van der Waals surface area contributed by atoms with E-state index in [9.17, 15) is 18.4 Å². The van der Waals surface area contributed by atoms with E-state index in [1.807, 2.05) is 39.8 Å². The number of fused-ring (bicyclic) bond motifs is 1. The highest BCUT2D eigenvalue weighted by atomic mass is 32.2. The molecule has 0 aliphatic carbocycles. The quantitative estimate of drug-likeness (QED) is 0.246. The lowest BCUT2D eigenvalue weighted by atomic mass is 9.86. The minimum absolute atomic E-state index is 0.154. The summed E-state index contributed by atoms with van der Waals surface area (Å²) in [5.41, 5.74) is 1.12. The first-order chi connectivity index (χ1) is 17.0. The van der Waals surface area contributed by atoms with Crippen molar-refractivity contribution in [3.05, 3.63) is 59.7 Å². The van der Waals surface area contributed by atoms with Crippen LogP contribution >= 0.6 is 0 Å². The van der Waals surface area contributed by atoms with E-state index in [1.54, 1.807) is 43.5 Å². The standard InChI is InChI=1S/C27H32N2O6S/c1-7-14-29(36(32)33)22-16-17(27(2,3)4)15-21(25(22)35-6)28-26(31)24(30)20-12-13-23(34-5)19-11-9-8-10-18(19)20/h8-13,15-16H,7,14H2,1-6H3,(H,28,31)(H,32,33)/p-1. The van der Waals surface area contributed by atoms with Crippen LogP contribution in [0.5, 0.6) is 11.5 Å². The fourth-order valence-corrected chi connectivity index (χ4v) is 4.59. The van der Waals surface area contributed by atoms with Crippen LogP contribution in [0, 0.1) is 0 Å². The molecule has 0 spiro atoms. The number of nitrogens with one attached hydrogen (secondary N) is 1. The molecule has 36 heavy (non-hydrogen) atoms. The Morgan fingerprint density at radius 2 is 1.69 bits per heavy atom. The summed E-state index contributed by atoms with van der Waals surface area (Å²) in [4.78, 5) is 26.5. The maximum Gasteiger partial charge on any atom is 0.296 e. The molecule has 0 radical (unpaired) electrons. The Morgan fingerprint density at radius 1 is 1.03 bits per heavy atom. The van der Waals surface area contributed by atoms with E-state index in [-0.39, 0.29) is 34.6 Å². The van der Waals surface area contributed by atoms with Crippen LogP contribution in [-0.4, -0.2) is 41.2 Å². The second-order valence-corrected chi connectivity index (χ2v) is 10.2. The lowest BCUT2D eigenvalue weighted by Gasteiger charge is -2.31. The van der Waals surface area contributed by atoms with Gasteiger partial charge in [0.2, 0.25) is 0 Å². The molecule has 8 nitrogen and oxygen atoms in total. The summed E-state index contributed by atoms with van der Waals surface area (Å²) in [5.74, 6) is -0.864. The van der Waals surface area contributed by atoms with Gasteiger partial charge in [-0.3, -0.25) is 18.1 Å². The van der Waals surface area contributed by atoms with E-state index in [1.165, 1.54) is 11.4 Å². The Balaban J connectivity index is 2.10. The van der Waals surface area contributed by atoms with Crippen molar-refractivity contribution in [2.75, 3.05) is 30.4 Å².